The molecule has 0 fully saturated rings. The Morgan fingerprint density at radius 3 is 2.00 bits per heavy atom. The van der Waals surface area contributed by atoms with Gasteiger partial charge in [0, 0.05) is 0 Å². The number of benzene rings is 2. The number of rotatable bonds is 6. The van der Waals surface area contributed by atoms with Gasteiger partial charge in [0.2, 0.25) is 0 Å². The molecular weight excluding hydrogens is 328 g/mol. The van der Waals surface area contributed by atoms with Gasteiger partial charge in [-0.05, 0) is 60.4 Å². The quantitative estimate of drug-likeness (QED) is 0.739. The molecule has 6 heteroatoms. The second-order valence-electron chi connectivity index (χ2n) is 5.73. The van der Waals surface area contributed by atoms with Crippen molar-refractivity contribution < 1.29 is 22.1 Å². The van der Waals surface area contributed by atoms with Crippen molar-refractivity contribution >= 4 is 10.1 Å². The maximum atomic E-state index is 12.7. The average Bonchev–Trinajstić information content (AvgIpc) is 2.54. The molecule has 0 heterocycles. The minimum Gasteiger partial charge on any atom is -0.497 e. The van der Waals surface area contributed by atoms with Crippen LogP contribution in [-0.4, -0.2) is 22.6 Å². The summed E-state index contributed by atoms with van der Waals surface area (Å²) in [7, 11) is -1.03. The van der Waals surface area contributed by atoms with E-state index in [1.165, 1.54) is 14.2 Å². The molecule has 0 aromatic heterocycles. The second kappa shape index (κ2) is 7.13. The lowest BCUT2D eigenvalue weighted by atomic mass is 9.98. The van der Waals surface area contributed by atoms with Gasteiger partial charge in [0.15, 0.2) is 0 Å². The topological polar surface area (TPSA) is 61.8 Å². The summed E-state index contributed by atoms with van der Waals surface area (Å²) in [5.74, 6) is 1.29. The van der Waals surface area contributed by atoms with E-state index in [0.717, 1.165) is 11.1 Å². The Labute approximate surface area is 143 Å². The third kappa shape index (κ3) is 3.82. The first kappa shape index (κ1) is 18.1. The molecule has 2 aromatic rings. The Bertz CT molecular complexity index is 808. The summed E-state index contributed by atoms with van der Waals surface area (Å²) >= 11 is 0. The summed E-state index contributed by atoms with van der Waals surface area (Å²) in [6, 6.07) is 9.70. The van der Waals surface area contributed by atoms with Gasteiger partial charge >= 0.3 is 10.1 Å². The minimum absolute atomic E-state index is 0.0233. The molecule has 0 aliphatic rings. The molecule has 0 unspecified atom stereocenters. The number of hydrogen-bond donors (Lipinski definition) is 0. The van der Waals surface area contributed by atoms with Gasteiger partial charge in [-0.25, -0.2) is 0 Å². The molecule has 0 N–H and O–H groups in total. The summed E-state index contributed by atoms with van der Waals surface area (Å²) in [5, 5.41) is 0. The number of aryl methyl sites for hydroxylation is 1. The van der Waals surface area contributed by atoms with Crippen LogP contribution in [0.1, 0.15) is 30.9 Å². The van der Waals surface area contributed by atoms with Gasteiger partial charge in [0.25, 0.3) is 0 Å². The van der Waals surface area contributed by atoms with Gasteiger partial charge in [-0.15, -0.1) is 0 Å². The molecule has 130 valence electrons. The Balaban J connectivity index is 2.45. The van der Waals surface area contributed by atoms with Crippen molar-refractivity contribution in [2.75, 3.05) is 14.2 Å². The highest BCUT2D eigenvalue weighted by atomic mass is 32.2. The number of ether oxygens (including phenoxy) is 2. The van der Waals surface area contributed by atoms with Crippen LogP contribution in [0.15, 0.2) is 41.3 Å². The summed E-state index contributed by atoms with van der Waals surface area (Å²) in [5.41, 5.74) is 1.91. The molecule has 0 aliphatic heterocycles. The van der Waals surface area contributed by atoms with Crippen LogP contribution >= 0.6 is 0 Å². The first-order chi connectivity index (χ1) is 11.3. The molecule has 24 heavy (non-hydrogen) atoms. The molecule has 0 atom stereocenters. The molecule has 0 bridgehead atoms. The summed E-state index contributed by atoms with van der Waals surface area (Å²) in [4.78, 5) is 0.0233. The second-order valence-corrected chi connectivity index (χ2v) is 7.24. The van der Waals surface area contributed by atoms with Gasteiger partial charge in [-0.2, -0.15) is 8.42 Å². The zero-order chi connectivity index (χ0) is 17.9. The van der Waals surface area contributed by atoms with E-state index in [2.05, 4.69) is 0 Å². The lowest BCUT2D eigenvalue weighted by Crippen LogP contribution is -2.12. The zero-order valence-corrected chi connectivity index (χ0v) is 15.3. The number of hydrogen-bond acceptors (Lipinski definition) is 5. The minimum atomic E-state index is -4.01. The van der Waals surface area contributed by atoms with Crippen molar-refractivity contribution in [1.29, 1.82) is 0 Å². The first-order valence-corrected chi connectivity index (χ1v) is 8.96. The molecule has 2 rings (SSSR count). The Morgan fingerprint density at radius 2 is 1.50 bits per heavy atom. The molecule has 0 saturated carbocycles. The summed E-state index contributed by atoms with van der Waals surface area (Å²) in [6.45, 7) is 5.95. The van der Waals surface area contributed by atoms with E-state index in [1.807, 2.05) is 20.8 Å². The molecular formula is C18H22O5S. The van der Waals surface area contributed by atoms with Crippen molar-refractivity contribution in [1.82, 2.24) is 0 Å². The van der Waals surface area contributed by atoms with Crippen molar-refractivity contribution in [3.63, 3.8) is 0 Å². The van der Waals surface area contributed by atoms with Crippen LogP contribution < -0.4 is 13.7 Å². The Morgan fingerprint density at radius 1 is 0.917 bits per heavy atom. The molecule has 0 aliphatic carbocycles. The molecule has 0 radical (unpaired) electrons. The van der Waals surface area contributed by atoms with Crippen LogP contribution in [0.3, 0.4) is 0 Å². The fourth-order valence-corrected chi connectivity index (χ4v) is 3.57. The summed E-state index contributed by atoms with van der Waals surface area (Å²) in [6.07, 6.45) is 0. The largest absolute Gasteiger partial charge is 0.497 e. The smallest absolute Gasteiger partial charge is 0.342 e. The predicted octanol–water partition coefficient (Wildman–Crippen LogP) is 3.90. The molecule has 0 saturated heterocycles. The van der Waals surface area contributed by atoms with E-state index in [-0.39, 0.29) is 22.3 Å². The summed E-state index contributed by atoms with van der Waals surface area (Å²) < 4.78 is 40.9. The SMILES string of the molecule is COc1ccc(OS(=O)(=O)c2cc(C(C)C)c(C)cc2OC)cc1. The van der Waals surface area contributed by atoms with Gasteiger partial charge < -0.3 is 13.7 Å². The molecule has 0 spiro atoms. The van der Waals surface area contributed by atoms with Crippen LogP contribution in [0.4, 0.5) is 0 Å². The first-order valence-electron chi connectivity index (χ1n) is 7.55. The molecule has 0 amide bonds. The van der Waals surface area contributed by atoms with Crippen LogP contribution in [0.25, 0.3) is 0 Å². The monoisotopic (exact) mass is 350 g/mol. The fourth-order valence-electron chi connectivity index (χ4n) is 2.46. The van der Waals surface area contributed by atoms with Gasteiger partial charge in [-0.1, -0.05) is 13.8 Å². The molecule has 2 aromatic carbocycles. The normalized spacial score (nSPS) is 11.4. The van der Waals surface area contributed by atoms with E-state index in [4.69, 9.17) is 13.7 Å². The van der Waals surface area contributed by atoms with E-state index >= 15 is 0 Å². The fraction of sp³-hybridized carbons (Fsp3) is 0.333. The van der Waals surface area contributed by atoms with Gasteiger partial charge in [-0.3, -0.25) is 0 Å². The average molecular weight is 350 g/mol. The van der Waals surface area contributed by atoms with Crippen molar-refractivity contribution in [2.24, 2.45) is 0 Å². The van der Waals surface area contributed by atoms with Crippen LogP contribution in [0.2, 0.25) is 0 Å². The predicted molar refractivity (Wildman–Crippen MR) is 92.6 cm³/mol. The molecule has 5 nitrogen and oxygen atoms in total. The highest BCUT2D eigenvalue weighted by Gasteiger charge is 2.24. The van der Waals surface area contributed by atoms with Gasteiger partial charge in [0.05, 0.1) is 14.2 Å². The number of methoxy groups -OCH3 is 2. The van der Waals surface area contributed by atoms with Crippen LogP contribution in [0, 0.1) is 6.92 Å². The zero-order valence-electron chi connectivity index (χ0n) is 14.5. The third-order valence-corrected chi connectivity index (χ3v) is 4.98. The Kier molecular flexibility index (Phi) is 5.39. The highest BCUT2D eigenvalue weighted by Crippen LogP contribution is 2.33. The van der Waals surface area contributed by atoms with Crippen molar-refractivity contribution in [2.45, 2.75) is 31.6 Å². The maximum absolute atomic E-state index is 12.7. The Hall–Kier alpha value is -2.21. The highest BCUT2D eigenvalue weighted by molar-refractivity contribution is 7.87. The third-order valence-electron chi connectivity index (χ3n) is 3.71. The van der Waals surface area contributed by atoms with Gasteiger partial charge in [0.1, 0.15) is 22.1 Å². The lowest BCUT2D eigenvalue weighted by molar-refractivity contribution is 0.397. The maximum Gasteiger partial charge on any atom is 0.342 e. The van der Waals surface area contributed by atoms with E-state index < -0.39 is 10.1 Å². The van der Waals surface area contributed by atoms with Crippen molar-refractivity contribution in [3.05, 3.63) is 47.5 Å². The van der Waals surface area contributed by atoms with Crippen molar-refractivity contribution in [3.8, 4) is 17.2 Å². The van der Waals surface area contributed by atoms with E-state index in [1.54, 1.807) is 36.4 Å². The van der Waals surface area contributed by atoms with Crippen LogP contribution in [-0.2, 0) is 10.1 Å². The lowest BCUT2D eigenvalue weighted by Gasteiger charge is -2.16. The van der Waals surface area contributed by atoms with E-state index in [9.17, 15) is 8.42 Å². The van der Waals surface area contributed by atoms with Crippen LogP contribution in [0.5, 0.6) is 17.2 Å². The van der Waals surface area contributed by atoms with E-state index in [0.29, 0.717) is 5.75 Å². The standard InChI is InChI=1S/C18H22O5S/c1-12(2)16-11-18(17(22-5)10-13(16)3)24(19,20)23-15-8-6-14(21-4)7-9-15/h6-12H,1-5H3.